The SMILES string of the molecule is Cc1cccc(C#N)c1-n1c2ccccc2c[n+]1C. The van der Waals surface area contributed by atoms with E-state index in [-0.39, 0.29) is 0 Å². The molecule has 19 heavy (non-hydrogen) atoms. The number of benzene rings is 2. The first-order valence-electron chi connectivity index (χ1n) is 6.19. The lowest BCUT2D eigenvalue weighted by atomic mass is 10.1. The molecule has 3 rings (SSSR count). The van der Waals surface area contributed by atoms with E-state index < -0.39 is 0 Å². The molecule has 3 nitrogen and oxygen atoms in total. The zero-order valence-corrected chi connectivity index (χ0v) is 11.0. The second kappa shape index (κ2) is 4.25. The number of aryl methyl sites for hydroxylation is 2. The highest BCUT2D eigenvalue weighted by Gasteiger charge is 2.18. The van der Waals surface area contributed by atoms with Crippen molar-refractivity contribution in [1.29, 1.82) is 5.26 Å². The lowest BCUT2D eigenvalue weighted by Crippen LogP contribution is -2.37. The van der Waals surface area contributed by atoms with Gasteiger partial charge in [-0.2, -0.15) is 5.26 Å². The molecule has 0 aliphatic carbocycles. The Hall–Kier alpha value is -2.60. The van der Waals surface area contributed by atoms with E-state index in [1.807, 2.05) is 49.0 Å². The van der Waals surface area contributed by atoms with Crippen LogP contribution in [0.5, 0.6) is 0 Å². The van der Waals surface area contributed by atoms with Crippen LogP contribution in [0.4, 0.5) is 0 Å². The van der Waals surface area contributed by atoms with Gasteiger partial charge in [-0.25, -0.2) is 0 Å². The summed E-state index contributed by atoms with van der Waals surface area (Å²) < 4.78 is 4.11. The van der Waals surface area contributed by atoms with Crippen LogP contribution in [0.2, 0.25) is 0 Å². The molecule has 0 saturated heterocycles. The van der Waals surface area contributed by atoms with Crippen LogP contribution in [-0.4, -0.2) is 4.68 Å². The number of fused-ring (bicyclic) bond motifs is 1. The van der Waals surface area contributed by atoms with E-state index in [2.05, 4.69) is 29.1 Å². The van der Waals surface area contributed by atoms with Gasteiger partial charge in [0.05, 0.1) is 10.9 Å². The maximum atomic E-state index is 9.33. The van der Waals surface area contributed by atoms with Gasteiger partial charge in [-0.3, -0.25) is 0 Å². The van der Waals surface area contributed by atoms with Gasteiger partial charge in [0.2, 0.25) is 6.20 Å². The van der Waals surface area contributed by atoms with Crippen LogP contribution < -0.4 is 4.68 Å². The molecular formula is C16H14N3+. The molecule has 0 amide bonds. The molecule has 0 N–H and O–H groups in total. The first-order valence-corrected chi connectivity index (χ1v) is 6.19. The summed E-state index contributed by atoms with van der Waals surface area (Å²) in [5.74, 6) is 0. The Morgan fingerprint density at radius 1 is 1.11 bits per heavy atom. The van der Waals surface area contributed by atoms with Gasteiger partial charge in [0.15, 0.2) is 7.05 Å². The molecule has 1 aromatic heterocycles. The third kappa shape index (κ3) is 1.69. The summed E-state index contributed by atoms with van der Waals surface area (Å²) in [6, 6.07) is 16.3. The Kier molecular flexibility index (Phi) is 2.57. The fourth-order valence-electron chi connectivity index (χ4n) is 2.53. The largest absolute Gasteiger partial charge is 0.203 e. The molecule has 0 unspecified atom stereocenters. The van der Waals surface area contributed by atoms with Crippen molar-refractivity contribution in [1.82, 2.24) is 4.68 Å². The molecule has 92 valence electrons. The van der Waals surface area contributed by atoms with E-state index in [0.29, 0.717) is 5.56 Å². The molecule has 0 radical (unpaired) electrons. The van der Waals surface area contributed by atoms with E-state index in [9.17, 15) is 5.26 Å². The second-order valence-corrected chi connectivity index (χ2v) is 4.66. The Morgan fingerprint density at radius 3 is 2.68 bits per heavy atom. The molecule has 2 aromatic carbocycles. The Morgan fingerprint density at radius 2 is 1.89 bits per heavy atom. The van der Waals surface area contributed by atoms with Gasteiger partial charge in [0.25, 0.3) is 0 Å². The third-order valence-electron chi connectivity index (χ3n) is 3.38. The topological polar surface area (TPSA) is 32.6 Å². The molecule has 3 heteroatoms. The molecule has 0 aliphatic rings. The smallest absolute Gasteiger partial charge is 0.192 e. The van der Waals surface area contributed by atoms with Crippen LogP contribution >= 0.6 is 0 Å². The van der Waals surface area contributed by atoms with Gasteiger partial charge in [0, 0.05) is 0 Å². The number of rotatable bonds is 1. The van der Waals surface area contributed by atoms with Crippen LogP contribution in [-0.2, 0) is 7.05 Å². The summed E-state index contributed by atoms with van der Waals surface area (Å²) in [4.78, 5) is 0. The highest BCUT2D eigenvalue weighted by atomic mass is 15.4. The zero-order chi connectivity index (χ0) is 13.4. The van der Waals surface area contributed by atoms with Crippen molar-refractivity contribution < 1.29 is 4.68 Å². The van der Waals surface area contributed by atoms with E-state index in [0.717, 1.165) is 22.2 Å². The van der Waals surface area contributed by atoms with Crippen LogP contribution in [0.15, 0.2) is 48.7 Å². The van der Waals surface area contributed by atoms with E-state index >= 15 is 0 Å². The Balaban J connectivity index is 2.44. The van der Waals surface area contributed by atoms with Gasteiger partial charge in [0.1, 0.15) is 17.3 Å². The van der Waals surface area contributed by atoms with Crippen LogP contribution in [0.3, 0.4) is 0 Å². The normalized spacial score (nSPS) is 10.6. The maximum absolute atomic E-state index is 9.33. The monoisotopic (exact) mass is 248 g/mol. The fourth-order valence-corrected chi connectivity index (χ4v) is 2.53. The number of aromatic nitrogens is 2. The van der Waals surface area contributed by atoms with Gasteiger partial charge in [-0.15, -0.1) is 9.36 Å². The van der Waals surface area contributed by atoms with Crippen molar-refractivity contribution in [3.8, 4) is 11.8 Å². The summed E-state index contributed by atoms with van der Waals surface area (Å²) in [6.45, 7) is 2.03. The summed E-state index contributed by atoms with van der Waals surface area (Å²) >= 11 is 0. The molecule has 3 aromatic rings. The number of hydrogen-bond donors (Lipinski definition) is 0. The molecule has 0 fully saturated rings. The predicted molar refractivity (Wildman–Crippen MR) is 73.9 cm³/mol. The van der Waals surface area contributed by atoms with Crippen molar-refractivity contribution in [3.05, 3.63) is 59.8 Å². The average Bonchev–Trinajstić information content (AvgIpc) is 2.74. The third-order valence-corrected chi connectivity index (χ3v) is 3.38. The second-order valence-electron chi connectivity index (χ2n) is 4.66. The number of para-hydroxylation sites is 2. The maximum Gasteiger partial charge on any atom is 0.203 e. The number of nitriles is 1. The van der Waals surface area contributed by atoms with Crippen molar-refractivity contribution in [2.45, 2.75) is 6.92 Å². The lowest BCUT2D eigenvalue weighted by Gasteiger charge is -2.07. The molecule has 0 spiro atoms. The molecule has 0 bridgehead atoms. The van der Waals surface area contributed by atoms with Gasteiger partial charge >= 0.3 is 0 Å². The summed E-state index contributed by atoms with van der Waals surface area (Å²) in [5, 5.41) is 10.5. The Bertz CT molecular complexity index is 806. The molecule has 0 aliphatic heterocycles. The van der Waals surface area contributed by atoms with Gasteiger partial charge < -0.3 is 0 Å². The minimum Gasteiger partial charge on any atom is -0.192 e. The van der Waals surface area contributed by atoms with E-state index in [1.54, 1.807) is 0 Å². The summed E-state index contributed by atoms with van der Waals surface area (Å²) in [5.41, 5.74) is 3.84. The predicted octanol–water partition coefficient (Wildman–Crippen LogP) is 2.64. The summed E-state index contributed by atoms with van der Waals surface area (Å²) in [7, 11) is 1.99. The number of nitrogens with zero attached hydrogens (tertiary/aromatic N) is 3. The van der Waals surface area contributed by atoms with E-state index in [1.165, 1.54) is 0 Å². The quantitative estimate of drug-likeness (QED) is 0.609. The molecule has 1 heterocycles. The minimum absolute atomic E-state index is 0.692. The lowest BCUT2D eigenvalue weighted by molar-refractivity contribution is -0.741. The summed E-state index contributed by atoms with van der Waals surface area (Å²) in [6.07, 6.45) is 2.07. The average molecular weight is 248 g/mol. The standard InChI is InChI=1S/C16H14N3/c1-12-6-5-8-13(10-17)16(12)19-15-9-4-3-7-14(15)11-18(19)2/h3-9,11H,1-2H3/q+1. The Labute approximate surface area is 111 Å². The van der Waals surface area contributed by atoms with Gasteiger partial charge in [-0.05, 0) is 30.7 Å². The minimum atomic E-state index is 0.692. The van der Waals surface area contributed by atoms with E-state index in [4.69, 9.17) is 0 Å². The zero-order valence-electron chi connectivity index (χ0n) is 11.0. The van der Waals surface area contributed by atoms with Crippen molar-refractivity contribution in [2.75, 3.05) is 0 Å². The van der Waals surface area contributed by atoms with Crippen LogP contribution in [0.1, 0.15) is 11.1 Å². The number of hydrogen-bond acceptors (Lipinski definition) is 1. The van der Waals surface area contributed by atoms with Crippen molar-refractivity contribution >= 4 is 10.9 Å². The molecular weight excluding hydrogens is 234 g/mol. The first kappa shape index (κ1) is 11.5. The van der Waals surface area contributed by atoms with Crippen LogP contribution in [0, 0.1) is 18.3 Å². The fraction of sp³-hybridized carbons (Fsp3) is 0.125. The van der Waals surface area contributed by atoms with Gasteiger partial charge in [-0.1, -0.05) is 24.3 Å². The highest BCUT2D eigenvalue weighted by Crippen LogP contribution is 2.22. The highest BCUT2D eigenvalue weighted by molar-refractivity contribution is 5.79. The molecule has 0 atom stereocenters. The van der Waals surface area contributed by atoms with Crippen LogP contribution in [0.25, 0.3) is 16.6 Å². The molecule has 0 saturated carbocycles. The first-order chi connectivity index (χ1) is 9.22. The van der Waals surface area contributed by atoms with Crippen molar-refractivity contribution in [3.63, 3.8) is 0 Å². The van der Waals surface area contributed by atoms with Crippen molar-refractivity contribution in [2.24, 2.45) is 7.05 Å².